The van der Waals surface area contributed by atoms with Gasteiger partial charge in [0.25, 0.3) is 0 Å². The predicted octanol–water partition coefficient (Wildman–Crippen LogP) is 14.6. The third kappa shape index (κ3) is 5.04. The van der Waals surface area contributed by atoms with Gasteiger partial charge in [0.1, 0.15) is 0 Å². The molecule has 260 valence electrons. The maximum absolute atomic E-state index is 8.94. The SMILES string of the molecule is [2H]C([2H])([2H])C1(C([2H])([2H])[2H])c2ccccc2-c2ccc(N(c3ccc4c(c3)C(C)(C)c3cc5ccccc5cc3-4)c3ccccc3-c3ccc(C4CCCCC4)cc3)cc21. The molecule has 0 amide bonds. The Labute approximate surface area is 323 Å². The van der Waals surface area contributed by atoms with E-state index in [1.807, 2.05) is 36.4 Å². The summed E-state index contributed by atoms with van der Waals surface area (Å²) < 4.78 is 53.7. The molecule has 1 nitrogen and oxygen atoms in total. The third-order valence-electron chi connectivity index (χ3n) is 12.5. The molecule has 0 bridgehead atoms. The fraction of sp³-hybridized carbons (Fsp3) is 0.231. The lowest BCUT2D eigenvalue weighted by Gasteiger charge is -2.31. The van der Waals surface area contributed by atoms with E-state index in [9.17, 15) is 0 Å². The van der Waals surface area contributed by atoms with E-state index in [4.69, 9.17) is 8.22 Å². The van der Waals surface area contributed by atoms with E-state index in [0.717, 1.165) is 22.5 Å². The average Bonchev–Trinajstić information content (AvgIpc) is 3.66. The highest BCUT2D eigenvalue weighted by molar-refractivity contribution is 5.96. The highest BCUT2D eigenvalue weighted by Gasteiger charge is 2.38. The molecule has 7 aromatic rings. The molecule has 0 saturated heterocycles. The summed E-state index contributed by atoms with van der Waals surface area (Å²) in [5, 5.41) is 2.42. The van der Waals surface area contributed by atoms with Crippen LogP contribution < -0.4 is 4.90 Å². The van der Waals surface area contributed by atoms with Crippen LogP contribution in [0.4, 0.5) is 17.1 Å². The Bertz CT molecular complexity index is 2760. The van der Waals surface area contributed by atoms with Crippen molar-refractivity contribution in [3.63, 3.8) is 0 Å². The molecule has 7 aromatic carbocycles. The first-order valence-electron chi connectivity index (χ1n) is 22.2. The Balaban J connectivity index is 1.19. The summed E-state index contributed by atoms with van der Waals surface area (Å²) in [6.07, 6.45) is 6.33. The fourth-order valence-corrected chi connectivity index (χ4v) is 9.67. The van der Waals surface area contributed by atoms with Crippen LogP contribution in [0.2, 0.25) is 0 Å². The van der Waals surface area contributed by atoms with Gasteiger partial charge in [-0.2, -0.15) is 0 Å². The van der Waals surface area contributed by atoms with Crippen LogP contribution in [0.5, 0.6) is 0 Å². The highest BCUT2D eigenvalue weighted by atomic mass is 15.1. The zero-order valence-corrected chi connectivity index (χ0v) is 30.4. The van der Waals surface area contributed by atoms with Crippen LogP contribution in [-0.2, 0) is 10.8 Å². The van der Waals surface area contributed by atoms with Gasteiger partial charge in [0.2, 0.25) is 0 Å². The topological polar surface area (TPSA) is 3.24 Å². The Morgan fingerprint density at radius 3 is 1.77 bits per heavy atom. The number of rotatable bonds is 5. The van der Waals surface area contributed by atoms with Crippen LogP contribution in [0.1, 0.15) is 102 Å². The van der Waals surface area contributed by atoms with Gasteiger partial charge in [-0.1, -0.05) is 150 Å². The monoisotopic (exact) mass is 691 g/mol. The zero-order valence-electron chi connectivity index (χ0n) is 36.4. The van der Waals surface area contributed by atoms with Gasteiger partial charge in [0.15, 0.2) is 0 Å². The van der Waals surface area contributed by atoms with E-state index < -0.39 is 19.1 Å². The number of hydrogen-bond donors (Lipinski definition) is 0. The lowest BCUT2D eigenvalue weighted by molar-refractivity contribution is 0.443. The molecule has 3 aliphatic rings. The van der Waals surface area contributed by atoms with Crippen molar-refractivity contribution in [2.75, 3.05) is 4.90 Å². The first-order valence-corrected chi connectivity index (χ1v) is 19.2. The molecular weight excluding hydrogens is 639 g/mol. The van der Waals surface area contributed by atoms with Crippen molar-refractivity contribution in [3.8, 4) is 33.4 Å². The molecule has 0 unspecified atom stereocenters. The van der Waals surface area contributed by atoms with E-state index >= 15 is 0 Å². The summed E-state index contributed by atoms with van der Waals surface area (Å²) in [5.41, 5.74) is 10.3. The molecule has 0 spiro atoms. The van der Waals surface area contributed by atoms with Crippen molar-refractivity contribution in [2.45, 2.75) is 76.4 Å². The van der Waals surface area contributed by atoms with Crippen LogP contribution in [0, 0.1) is 0 Å². The second-order valence-electron chi connectivity index (χ2n) is 15.9. The van der Waals surface area contributed by atoms with Crippen molar-refractivity contribution in [1.82, 2.24) is 0 Å². The molecule has 0 atom stereocenters. The van der Waals surface area contributed by atoms with E-state index in [1.165, 1.54) is 70.7 Å². The van der Waals surface area contributed by atoms with Gasteiger partial charge >= 0.3 is 0 Å². The summed E-state index contributed by atoms with van der Waals surface area (Å²) >= 11 is 0. The summed E-state index contributed by atoms with van der Waals surface area (Å²) in [6, 6.07) is 50.1. The molecule has 1 saturated carbocycles. The lowest BCUT2D eigenvalue weighted by atomic mass is 9.81. The van der Waals surface area contributed by atoms with Gasteiger partial charge in [-0.25, -0.2) is 0 Å². The number of anilines is 3. The number of hydrogen-bond acceptors (Lipinski definition) is 1. The van der Waals surface area contributed by atoms with Gasteiger partial charge < -0.3 is 4.90 Å². The van der Waals surface area contributed by atoms with E-state index in [1.54, 1.807) is 12.1 Å². The predicted molar refractivity (Wildman–Crippen MR) is 225 cm³/mol. The number of nitrogens with zero attached hydrogens (tertiary/aromatic N) is 1. The summed E-state index contributed by atoms with van der Waals surface area (Å²) in [4.78, 5) is 2.20. The molecule has 1 fully saturated rings. The average molecular weight is 692 g/mol. The minimum absolute atomic E-state index is 0.302. The van der Waals surface area contributed by atoms with E-state index in [-0.39, 0.29) is 5.41 Å². The van der Waals surface area contributed by atoms with Crippen LogP contribution in [-0.4, -0.2) is 0 Å². The minimum atomic E-state index is -2.87. The quantitative estimate of drug-likeness (QED) is 0.174. The first-order chi connectivity index (χ1) is 28.3. The lowest BCUT2D eigenvalue weighted by Crippen LogP contribution is -2.18. The Kier molecular flexibility index (Phi) is 6.01. The molecule has 0 aromatic heterocycles. The number of benzene rings is 7. The summed E-state index contributed by atoms with van der Waals surface area (Å²) in [7, 11) is 0. The van der Waals surface area contributed by atoms with Crippen molar-refractivity contribution in [3.05, 3.63) is 173 Å². The Morgan fingerprint density at radius 1 is 0.491 bits per heavy atom. The van der Waals surface area contributed by atoms with Crippen molar-refractivity contribution < 1.29 is 8.22 Å². The van der Waals surface area contributed by atoms with Crippen molar-refractivity contribution in [2.24, 2.45) is 0 Å². The van der Waals surface area contributed by atoms with Crippen molar-refractivity contribution in [1.29, 1.82) is 0 Å². The normalized spacial score (nSPS) is 18.7. The molecular formula is C52H47N. The minimum Gasteiger partial charge on any atom is -0.310 e. The van der Waals surface area contributed by atoms with Crippen LogP contribution >= 0.6 is 0 Å². The van der Waals surface area contributed by atoms with E-state index in [2.05, 4.69) is 116 Å². The van der Waals surface area contributed by atoms with Gasteiger partial charge in [0.05, 0.1) is 5.69 Å². The summed E-state index contributed by atoms with van der Waals surface area (Å²) in [6.45, 7) is -1.16. The fourth-order valence-electron chi connectivity index (χ4n) is 9.67. The van der Waals surface area contributed by atoms with Crippen molar-refractivity contribution >= 4 is 27.8 Å². The van der Waals surface area contributed by atoms with Gasteiger partial charge in [0, 0.05) is 36.0 Å². The van der Waals surface area contributed by atoms with Crippen LogP contribution in [0.3, 0.4) is 0 Å². The Morgan fingerprint density at radius 2 is 1.06 bits per heavy atom. The number of para-hydroxylation sites is 1. The maximum Gasteiger partial charge on any atom is 0.0540 e. The molecule has 10 rings (SSSR count). The molecule has 0 heterocycles. The van der Waals surface area contributed by atoms with Crippen LogP contribution in [0.15, 0.2) is 146 Å². The highest BCUT2D eigenvalue weighted by Crippen LogP contribution is 2.54. The first kappa shape index (κ1) is 26.4. The smallest absolute Gasteiger partial charge is 0.0540 e. The van der Waals surface area contributed by atoms with Gasteiger partial charge in [-0.3, -0.25) is 0 Å². The van der Waals surface area contributed by atoms with Gasteiger partial charge in [-0.15, -0.1) is 0 Å². The second-order valence-corrected chi connectivity index (χ2v) is 15.9. The number of fused-ring (bicyclic) bond motifs is 7. The molecule has 3 aliphatic carbocycles. The third-order valence-corrected chi connectivity index (χ3v) is 12.5. The summed E-state index contributed by atoms with van der Waals surface area (Å²) in [5.74, 6) is 0.591. The molecule has 1 heteroatoms. The largest absolute Gasteiger partial charge is 0.310 e. The molecule has 53 heavy (non-hydrogen) atoms. The molecule has 0 N–H and O–H groups in total. The van der Waals surface area contributed by atoms with Crippen LogP contribution in [0.25, 0.3) is 44.2 Å². The molecule has 0 aliphatic heterocycles. The maximum atomic E-state index is 8.94. The van der Waals surface area contributed by atoms with E-state index in [0.29, 0.717) is 33.9 Å². The van der Waals surface area contributed by atoms with Gasteiger partial charge in [-0.05, 0) is 128 Å². The Hall–Kier alpha value is -5.40. The standard InChI is InChI=1S/C52H47N/c1-51(2)46-20-12-10-19-42(46)43-28-26-39(32-48(43)51)53(50-21-13-11-18-41(50)36-24-22-35(23-25-36)34-14-6-5-7-15-34)40-27-29-44-45-30-37-16-8-9-17-38(37)31-47(45)52(3,4)49(44)33-40/h8-13,16-34H,5-7,14-15H2,1-4H3/i1D3,2D3. The molecule has 0 radical (unpaired) electrons. The zero-order chi connectivity index (χ0) is 40.9. The second kappa shape index (κ2) is 12.1.